The molecule has 0 spiro atoms. The second kappa shape index (κ2) is 10.9. The van der Waals surface area contributed by atoms with Crippen molar-refractivity contribution >= 4 is 11.3 Å². The van der Waals surface area contributed by atoms with E-state index in [2.05, 4.69) is 52.7 Å². The molecule has 3 aromatic rings. The van der Waals surface area contributed by atoms with Crippen LogP contribution in [-0.4, -0.2) is 30.4 Å². The van der Waals surface area contributed by atoms with Gasteiger partial charge in [-0.1, -0.05) is 17.2 Å². The third-order valence-corrected chi connectivity index (χ3v) is 5.94. The zero-order valence-corrected chi connectivity index (χ0v) is 18.6. The summed E-state index contributed by atoms with van der Waals surface area (Å²) in [6.07, 6.45) is 0.605. The van der Waals surface area contributed by atoms with Crippen LogP contribution in [0.15, 0.2) is 53.6 Å². The molecule has 0 N–H and O–H groups in total. The van der Waals surface area contributed by atoms with E-state index in [0.717, 1.165) is 17.9 Å². The molecule has 2 heterocycles. The number of azide groups is 1. The molecule has 0 aliphatic rings. The van der Waals surface area contributed by atoms with Gasteiger partial charge in [0.1, 0.15) is 12.4 Å². The van der Waals surface area contributed by atoms with Crippen LogP contribution in [0.25, 0.3) is 21.0 Å². The van der Waals surface area contributed by atoms with E-state index in [-0.39, 0.29) is 6.10 Å². The Bertz CT molecular complexity index is 987. The van der Waals surface area contributed by atoms with Crippen molar-refractivity contribution in [3.8, 4) is 16.3 Å². The molecule has 0 unspecified atom stereocenters. The summed E-state index contributed by atoms with van der Waals surface area (Å²) in [5, 5.41) is 3.64. The van der Waals surface area contributed by atoms with Gasteiger partial charge < -0.3 is 14.0 Å². The first-order valence-electron chi connectivity index (χ1n) is 10.2. The highest BCUT2D eigenvalue weighted by Gasteiger charge is 2.11. The average molecular weight is 425 g/mol. The van der Waals surface area contributed by atoms with Gasteiger partial charge in [0, 0.05) is 22.1 Å². The van der Waals surface area contributed by atoms with Crippen LogP contribution in [0.3, 0.4) is 0 Å². The number of ether oxygens (including phenoxy) is 2. The minimum absolute atomic E-state index is 0.103. The van der Waals surface area contributed by atoms with Crippen molar-refractivity contribution in [2.24, 2.45) is 5.11 Å². The maximum absolute atomic E-state index is 8.52. The molecule has 158 valence electrons. The smallest absolute Gasteiger partial charge is 0.119 e. The number of hydrogen-bond donors (Lipinski definition) is 0. The minimum Gasteiger partial charge on any atom is -0.492 e. The molecule has 2 aromatic heterocycles. The SMILES string of the molecule is CCO[C@H](CN=[N+]=[N-])Cc1ccc(OCCn2c(C)ccc2-c2ccc(C)s2)cc1. The number of rotatable bonds is 11. The molecular weight excluding hydrogens is 396 g/mol. The van der Waals surface area contributed by atoms with Crippen molar-refractivity contribution in [1.29, 1.82) is 0 Å². The normalized spacial score (nSPS) is 11.8. The number of aryl methyl sites for hydroxylation is 2. The third kappa shape index (κ3) is 5.89. The molecule has 0 aliphatic carbocycles. The fourth-order valence-corrected chi connectivity index (χ4v) is 4.33. The van der Waals surface area contributed by atoms with Crippen LogP contribution in [0.1, 0.15) is 23.1 Å². The predicted molar refractivity (Wildman–Crippen MR) is 122 cm³/mol. The van der Waals surface area contributed by atoms with E-state index in [0.29, 0.717) is 26.2 Å². The number of nitrogens with zero attached hydrogens (tertiary/aromatic N) is 4. The largest absolute Gasteiger partial charge is 0.492 e. The Morgan fingerprint density at radius 1 is 1.10 bits per heavy atom. The molecule has 0 bridgehead atoms. The number of aromatic nitrogens is 1. The van der Waals surface area contributed by atoms with E-state index in [1.54, 1.807) is 0 Å². The molecule has 0 amide bonds. The number of benzene rings is 1. The molecule has 1 atom stereocenters. The van der Waals surface area contributed by atoms with Crippen molar-refractivity contribution in [2.75, 3.05) is 19.8 Å². The van der Waals surface area contributed by atoms with E-state index in [9.17, 15) is 0 Å². The van der Waals surface area contributed by atoms with Crippen LogP contribution in [0.5, 0.6) is 5.75 Å². The Morgan fingerprint density at radius 2 is 1.90 bits per heavy atom. The van der Waals surface area contributed by atoms with Crippen molar-refractivity contribution in [3.05, 3.63) is 75.1 Å². The summed E-state index contributed by atoms with van der Waals surface area (Å²) in [6, 6.07) is 16.7. The van der Waals surface area contributed by atoms with Gasteiger partial charge in [-0.05, 0) is 74.7 Å². The van der Waals surface area contributed by atoms with Gasteiger partial charge in [-0.3, -0.25) is 0 Å². The van der Waals surface area contributed by atoms with Gasteiger partial charge in [0.2, 0.25) is 0 Å². The fourth-order valence-electron chi connectivity index (χ4n) is 3.43. The van der Waals surface area contributed by atoms with Crippen LogP contribution in [0.2, 0.25) is 0 Å². The lowest BCUT2D eigenvalue weighted by Gasteiger charge is -2.15. The summed E-state index contributed by atoms with van der Waals surface area (Å²) in [5.74, 6) is 0.847. The van der Waals surface area contributed by atoms with Crippen LogP contribution >= 0.6 is 11.3 Å². The predicted octanol–water partition coefficient (Wildman–Crippen LogP) is 6.17. The molecule has 7 heteroatoms. The molecule has 0 saturated heterocycles. The van der Waals surface area contributed by atoms with Gasteiger partial charge in [-0.25, -0.2) is 0 Å². The lowest BCUT2D eigenvalue weighted by atomic mass is 10.1. The summed E-state index contributed by atoms with van der Waals surface area (Å²) in [6.45, 7) is 8.54. The Balaban J connectivity index is 1.56. The van der Waals surface area contributed by atoms with Crippen molar-refractivity contribution in [3.63, 3.8) is 0 Å². The quantitative estimate of drug-likeness (QED) is 0.210. The van der Waals surface area contributed by atoms with Gasteiger partial charge in [-0.15, -0.1) is 11.3 Å². The molecule has 0 radical (unpaired) electrons. The Labute approximate surface area is 181 Å². The molecule has 0 aliphatic heterocycles. The third-order valence-electron chi connectivity index (χ3n) is 4.91. The number of thiophene rings is 1. The van der Waals surface area contributed by atoms with Gasteiger partial charge in [0.15, 0.2) is 0 Å². The topological polar surface area (TPSA) is 72.2 Å². The van der Waals surface area contributed by atoms with E-state index < -0.39 is 0 Å². The highest BCUT2D eigenvalue weighted by atomic mass is 32.1. The zero-order valence-electron chi connectivity index (χ0n) is 17.7. The molecule has 0 saturated carbocycles. The minimum atomic E-state index is -0.103. The zero-order chi connectivity index (χ0) is 21.3. The first-order valence-corrected chi connectivity index (χ1v) is 11.0. The van der Waals surface area contributed by atoms with Gasteiger partial charge in [-0.2, -0.15) is 0 Å². The van der Waals surface area contributed by atoms with E-state index >= 15 is 0 Å². The first kappa shape index (κ1) is 22.0. The lowest BCUT2D eigenvalue weighted by Crippen LogP contribution is -2.19. The van der Waals surface area contributed by atoms with Gasteiger partial charge >= 0.3 is 0 Å². The molecule has 3 rings (SSSR count). The van der Waals surface area contributed by atoms with Crippen LogP contribution in [0.4, 0.5) is 0 Å². The summed E-state index contributed by atoms with van der Waals surface area (Å²) in [4.78, 5) is 5.43. The van der Waals surface area contributed by atoms with E-state index in [1.807, 2.05) is 42.5 Å². The van der Waals surface area contributed by atoms with E-state index in [4.69, 9.17) is 15.0 Å². The number of hydrogen-bond acceptors (Lipinski definition) is 4. The van der Waals surface area contributed by atoms with Crippen molar-refractivity contribution < 1.29 is 9.47 Å². The fraction of sp³-hybridized carbons (Fsp3) is 0.391. The average Bonchev–Trinajstić information content (AvgIpc) is 3.33. The summed E-state index contributed by atoms with van der Waals surface area (Å²) >= 11 is 1.81. The van der Waals surface area contributed by atoms with Crippen molar-refractivity contribution in [2.45, 2.75) is 39.8 Å². The summed E-state index contributed by atoms with van der Waals surface area (Å²) in [7, 11) is 0. The van der Waals surface area contributed by atoms with Gasteiger partial charge in [0.05, 0.1) is 29.8 Å². The highest BCUT2D eigenvalue weighted by molar-refractivity contribution is 7.15. The summed E-state index contributed by atoms with van der Waals surface area (Å²) < 4.78 is 13.9. The molecule has 6 nitrogen and oxygen atoms in total. The van der Waals surface area contributed by atoms with E-state index in [1.165, 1.54) is 21.1 Å². The first-order chi connectivity index (χ1) is 14.6. The van der Waals surface area contributed by atoms with Gasteiger partial charge in [0.25, 0.3) is 0 Å². The highest BCUT2D eigenvalue weighted by Crippen LogP contribution is 2.29. The van der Waals surface area contributed by atoms with Crippen LogP contribution in [-0.2, 0) is 17.7 Å². The Hall–Kier alpha value is -2.73. The summed E-state index contributed by atoms with van der Waals surface area (Å²) in [5.41, 5.74) is 12.1. The lowest BCUT2D eigenvalue weighted by molar-refractivity contribution is 0.0695. The maximum atomic E-state index is 8.52. The molecule has 0 fully saturated rings. The Morgan fingerprint density at radius 3 is 2.57 bits per heavy atom. The second-order valence-corrected chi connectivity index (χ2v) is 8.40. The molecule has 1 aromatic carbocycles. The monoisotopic (exact) mass is 424 g/mol. The van der Waals surface area contributed by atoms with Crippen LogP contribution in [0, 0.1) is 13.8 Å². The standard InChI is InChI=1S/C23H28N4O2S/c1-4-28-21(16-25-26-24)15-19-7-9-20(10-8-19)29-14-13-27-17(2)5-11-22(27)23-12-6-18(3)30-23/h5-12,21H,4,13-16H2,1-3H3/t21-/m0/s1. The van der Waals surface area contributed by atoms with Crippen LogP contribution < -0.4 is 4.74 Å². The maximum Gasteiger partial charge on any atom is 0.119 e. The Kier molecular flexibility index (Phi) is 7.97. The molecule has 30 heavy (non-hydrogen) atoms. The molecular formula is C23H28N4O2S. The second-order valence-electron chi connectivity index (χ2n) is 7.11. The van der Waals surface area contributed by atoms with Crippen molar-refractivity contribution in [1.82, 2.24) is 4.57 Å².